The van der Waals surface area contributed by atoms with Gasteiger partial charge in [-0.05, 0) is 0 Å². The number of hydroxylamine groups is 2. The molecule has 0 aliphatic carbocycles. The van der Waals surface area contributed by atoms with E-state index in [2.05, 4.69) is 4.99 Å². The van der Waals surface area contributed by atoms with Gasteiger partial charge < -0.3 is 18.9 Å². The molecule has 16 heavy (non-hydrogen) atoms. The molecule has 1 heterocycles. The number of hydrogen-bond acceptors (Lipinski definition) is 7. The lowest BCUT2D eigenvalue weighted by Gasteiger charge is -2.32. The monoisotopic (exact) mass is 232 g/mol. The van der Waals surface area contributed by atoms with E-state index in [-0.39, 0.29) is 0 Å². The van der Waals surface area contributed by atoms with Gasteiger partial charge >= 0.3 is 0 Å². The third-order valence-electron chi connectivity index (χ3n) is 2.02. The molecule has 0 radical (unpaired) electrons. The van der Waals surface area contributed by atoms with Crippen LogP contribution in [-0.4, -0.2) is 52.9 Å². The van der Waals surface area contributed by atoms with Crippen molar-refractivity contribution in [3.05, 3.63) is 11.6 Å². The molecule has 0 amide bonds. The minimum absolute atomic E-state index is 0.291. The van der Waals surface area contributed by atoms with Crippen molar-refractivity contribution in [2.24, 2.45) is 4.99 Å². The Balaban J connectivity index is 3.15. The van der Waals surface area contributed by atoms with Gasteiger partial charge in [-0.3, -0.25) is 4.84 Å². The van der Waals surface area contributed by atoms with Crippen molar-refractivity contribution in [3.8, 4) is 0 Å². The van der Waals surface area contributed by atoms with E-state index >= 15 is 0 Å². The van der Waals surface area contributed by atoms with E-state index < -0.39 is 6.35 Å². The van der Waals surface area contributed by atoms with Gasteiger partial charge in [0.05, 0.1) is 28.4 Å². The Morgan fingerprint density at radius 2 is 1.69 bits per heavy atom. The van der Waals surface area contributed by atoms with E-state index in [9.17, 15) is 0 Å². The zero-order valence-electron chi connectivity index (χ0n) is 10.0. The van der Waals surface area contributed by atoms with Crippen LogP contribution < -0.4 is 0 Å². The molecule has 0 aromatic heterocycles. The lowest BCUT2D eigenvalue weighted by molar-refractivity contribution is -0.231. The fourth-order valence-corrected chi connectivity index (χ4v) is 1.33. The summed E-state index contributed by atoms with van der Waals surface area (Å²) in [5.41, 5.74) is 0. The van der Waals surface area contributed by atoms with Crippen molar-refractivity contribution < 1.29 is 23.8 Å². The van der Waals surface area contributed by atoms with Crippen LogP contribution in [0.1, 0.15) is 0 Å². The topological polar surface area (TPSA) is 61.8 Å². The molecular weight excluding hydrogens is 216 g/mol. The van der Waals surface area contributed by atoms with Crippen LogP contribution >= 0.6 is 0 Å². The van der Waals surface area contributed by atoms with Crippen LogP contribution in [0, 0.1) is 0 Å². The average Bonchev–Trinajstić information content (AvgIpc) is 2.35. The molecule has 0 fully saturated rings. The number of hydrogen-bond donors (Lipinski definition) is 0. The Labute approximate surface area is 94.1 Å². The molecule has 0 saturated heterocycles. The first kappa shape index (κ1) is 12.6. The molecule has 92 valence electrons. The van der Waals surface area contributed by atoms with E-state index in [0.717, 1.165) is 0 Å². The third kappa shape index (κ3) is 2.05. The molecule has 0 aromatic rings. The first-order chi connectivity index (χ1) is 7.73. The SMILES string of the molecule is COC1=NC(OC)N(OC)C(OC)=C1OC. The molecule has 7 nitrogen and oxygen atoms in total. The van der Waals surface area contributed by atoms with Crippen LogP contribution in [0.4, 0.5) is 0 Å². The summed E-state index contributed by atoms with van der Waals surface area (Å²) in [6, 6.07) is 0. The van der Waals surface area contributed by atoms with Crippen LogP contribution in [0.15, 0.2) is 16.6 Å². The van der Waals surface area contributed by atoms with Crippen molar-refractivity contribution in [1.82, 2.24) is 5.06 Å². The molecular formula is C9H16N2O5. The zero-order chi connectivity index (χ0) is 12.1. The smallest absolute Gasteiger partial charge is 0.267 e. The van der Waals surface area contributed by atoms with Crippen LogP contribution in [0.5, 0.6) is 0 Å². The van der Waals surface area contributed by atoms with E-state index in [1.165, 1.54) is 40.6 Å². The van der Waals surface area contributed by atoms with Gasteiger partial charge in [-0.2, -0.15) is 10.1 Å². The molecule has 0 bridgehead atoms. The summed E-state index contributed by atoms with van der Waals surface area (Å²) in [4.78, 5) is 9.24. The van der Waals surface area contributed by atoms with E-state index in [1.54, 1.807) is 0 Å². The number of aliphatic imine (C=N–C) groups is 1. The van der Waals surface area contributed by atoms with E-state index in [0.29, 0.717) is 17.5 Å². The Morgan fingerprint density at radius 1 is 1.00 bits per heavy atom. The average molecular weight is 232 g/mol. The summed E-state index contributed by atoms with van der Waals surface area (Å²) in [5.74, 6) is 0.975. The molecule has 1 aliphatic rings. The molecule has 0 aromatic carbocycles. The van der Waals surface area contributed by atoms with Crippen LogP contribution in [0.25, 0.3) is 0 Å². The number of rotatable bonds is 4. The van der Waals surface area contributed by atoms with Crippen molar-refractivity contribution in [2.45, 2.75) is 6.35 Å². The summed E-state index contributed by atoms with van der Waals surface area (Å²) < 4.78 is 20.5. The Kier molecular flexibility index (Phi) is 4.39. The maximum Gasteiger partial charge on any atom is 0.267 e. The number of ether oxygens (including phenoxy) is 4. The van der Waals surface area contributed by atoms with Gasteiger partial charge in [-0.15, -0.1) is 0 Å². The predicted molar refractivity (Wildman–Crippen MR) is 55.1 cm³/mol. The quantitative estimate of drug-likeness (QED) is 0.694. The Hall–Kier alpha value is -1.47. The molecule has 7 heteroatoms. The highest BCUT2D eigenvalue weighted by Crippen LogP contribution is 2.23. The summed E-state index contributed by atoms with van der Waals surface area (Å²) in [7, 11) is 7.44. The van der Waals surface area contributed by atoms with E-state index in [1.807, 2.05) is 0 Å². The molecule has 1 atom stereocenters. The normalized spacial score (nSPS) is 20.7. The summed E-state index contributed by atoms with van der Waals surface area (Å²) >= 11 is 0. The van der Waals surface area contributed by atoms with Gasteiger partial charge in [0.2, 0.25) is 5.76 Å². The fraction of sp³-hybridized carbons (Fsp3) is 0.667. The zero-order valence-corrected chi connectivity index (χ0v) is 10.0. The predicted octanol–water partition coefficient (Wildman–Crippen LogP) is 0.300. The third-order valence-corrected chi connectivity index (χ3v) is 2.02. The standard InChI is InChI=1S/C9H16N2O5/c1-12-6-7(13-2)10-9(15-4)11(16-5)8(6)14-3/h9H,1-5H3. The van der Waals surface area contributed by atoms with Gasteiger partial charge in [0.15, 0.2) is 0 Å². The second-order valence-electron chi connectivity index (χ2n) is 2.75. The van der Waals surface area contributed by atoms with Gasteiger partial charge in [0.1, 0.15) is 0 Å². The lowest BCUT2D eigenvalue weighted by Crippen LogP contribution is -2.40. The molecule has 0 saturated carbocycles. The molecule has 0 N–H and O–H groups in total. The maximum absolute atomic E-state index is 5.18. The second kappa shape index (κ2) is 5.57. The number of methoxy groups -OCH3 is 4. The van der Waals surface area contributed by atoms with Crippen LogP contribution in [-0.2, 0) is 23.8 Å². The van der Waals surface area contributed by atoms with Crippen molar-refractivity contribution in [1.29, 1.82) is 0 Å². The Bertz CT molecular complexity index is 302. The first-order valence-electron chi connectivity index (χ1n) is 4.54. The van der Waals surface area contributed by atoms with Crippen LogP contribution in [0.3, 0.4) is 0 Å². The van der Waals surface area contributed by atoms with Gasteiger partial charge in [0, 0.05) is 7.11 Å². The Morgan fingerprint density at radius 3 is 2.06 bits per heavy atom. The van der Waals surface area contributed by atoms with Gasteiger partial charge in [-0.1, -0.05) is 0 Å². The first-order valence-corrected chi connectivity index (χ1v) is 4.54. The van der Waals surface area contributed by atoms with E-state index in [4.69, 9.17) is 23.8 Å². The fourth-order valence-electron chi connectivity index (χ4n) is 1.33. The second-order valence-corrected chi connectivity index (χ2v) is 2.75. The van der Waals surface area contributed by atoms with Gasteiger partial charge in [0.25, 0.3) is 18.1 Å². The minimum atomic E-state index is -0.672. The summed E-state index contributed by atoms with van der Waals surface area (Å²) in [6.07, 6.45) is -0.672. The summed E-state index contributed by atoms with van der Waals surface area (Å²) in [6.45, 7) is 0. The molecule has 1 unspecified atom stereocenters. The van der Waals surface area contributed by atoms with Crippen molar-refractivity contribution in [2.75, 3.05) is 35.5 Å². The maximum atomic E-state index is 5.18. The van der Waals surface area contributed by atoms with Gasteiger partial charge in [-0.25, -0.2) is 0 Å². The van der Waals surface area contributed by atoms with Crippen molar-refractivity contribution in [3.63, 3.8) is 0 Å². The van der Waals surface area contributed by atoms with Crippen molar-refractivity contribution >= 4 is 5.90 Å². The highest BCUT2D eigenvalue weighted by molar-refractivity contribution is 5.92. The minimum Gasteiger partial charge on any atom is -0.487 e. The van der Waals surface area contributed by atoms with Crippen LogP contribution in [0.2, 0.25) is 0 Å². The number of nitrogens with zero attached hydrogens (tertiary/aromatic N) is 2. The highest BCUT2D eigenvalue weighted by atomic mass is 16.7. The largest absolute Gasteiger partial charge is 0.487 e. The molecule has 1 aliphatic heterocycles. The molecule has 0 spiro atoms. The lowest BCUT2D eigenvalue weighted by atomic mass is 10.4. The summed E-state index contributed by atoms with van der Waals surface area (Å²) in [5, 5.41) is 1.33. The highest BCUT2D eigenvalue weighted by Gasteiger charge is 2.34. The molecule has 1 rings (SSSR count).